The highest BCUT2D eigenvalue weighted by atomic mass is 16.3. The summed E-state index contributed by atoms with van der Waals surface area (Å²) in [7, 11) is 0. The van der Waals surface area contributed by atoms with E-state index in [0.717, 1.165) is 37.4 Å². The number of carbonyl (C=O) groups is 1. The van der Waals surface area contributed by atoms with Gasteiger partial charge in [-0.2, -0.15) is 5.10 Å². The molecule has 0 aliphatic carbocycles. The van der Waals surface area contributed by atoms with Crippen molar-refractivity contribution in [2.24, 2.45) is 0 Å². The summed E-state index contributed by atoms with van der Waals surface area (Å²) in [5.74, 6) is 1.11. The van der Waals surface area contributed by atoms with Crippen LogP contribution in [0.2, 0.25) is 0 Å². The zero-order chi connectivity index (χ0) is 15.5. The lowest BCUT2D eigenvalue weighted by Gasteiger charge is -2.32. The van der Waals surface area contributed by atoms with E-state index in [2.05, 4.69) is 22.8 Å². The first-order valence-corrected chi connectivity index (χ1v) is 7.96. The fraction of sp³-hybridized carbons (Fsp3) is 0.529. The molecule has 2 aromatic rings. The fourth-order valence-corrected chi connectivity index (χ4v) is 3.22. The van der Waals surface area contributed by atoms with Crippen LogP contribution in [0.1, 0.15) is 42.5 Å². The second kappa shape index (κ2) is 6.38. The van der Waals surface area contributed by atoms with Gasteiger partial charge in [-0.05, 0) is 44.9 Å². The van der Waals surface area contributed by atoms with Crippen LogP contribution in [0.25, 0.3) is 0 Å². The maximum absolute atomic E-state index is 12.3. The molecule has 0 atom stereocenters. The number of nitrogens with zero attached hydrogens (tertiary/aromatic N) is 3. The van der Waals surface area contributed by atoms with E-state index >= 15 is 0 Å². The molecule has 22 heavy (non-hydrogen) atoms. The van der Waals surface area contributed by atoms with Gasteiger partial charge in [0.1, 0.15) is 5.76 Å². The Bertz CT molecular complexity index is 622. The molecular weight excluding hydrogens is 278 g/mol. The van der Waals surface area contributed by atoms with Gasteiger partial charge < -0.3 is 9.32 Å². The molecule has 0 bridgehead atoms. The summed E-state index contributed by atoms with van der Waals surface area (Å²) in [5, 5.41) is 4.57. The normalized spacial score (nSPS) is 16.2. The number of rotatable bonds is 4. The quantitative estimate of drug-likeness (QED) is 0.872. The Morgan fingerprint density at radius 1 is 1.36 bits per heavy atom. The predicted molar refractivity (Wildman–Crippen MR) is 83.6 cm³/mol. The van der Waals surface area contributed by atoms with E-state index in [-0.39, 0.29) is 5.91 Å². The van der Waals surface area contributed by atoms with E-state index in [0.29, 0.717) is 18.9 Å². The molecular formula is C17H23N3O2. The number of likely N-dealkylation sites (tertiary alicyclic amines) is 1. The van der Waals surface area contributed by atoms with Crippen molar-refractivity contribution < 1.29 is 9.21 Å². The molecule has 5 nitrogen and oxygen atoms in total. The predicted octanol–water partition coefficient (Wildman–Crippen LogP) is 2.89. The molecule has 5 heteroatoms. The SMILES string of the molecule is Cc1cc(C)n(C2CCN(C(=O)CCc3ccco3)CC2)n1. The van der Waals surface area contributed by atoms with Crippen molar-refractivity contribution in [2.45, 2.75) is 45.6 Å². The van der Waals surface area contributed by atoms with Crippen molar-refractivity contribution >= 4 is 5.91 Å². The summed E-state index contributed by atoms with van der Waals surface area (Å²) in [6.45, 7) is 5.76. The summed E-state index contributed by atoms with van der Waals surface area (Å²) in [4.78, 5) is 14.2. The molecule has 0 spiro atoms. The molecule has 1 aliphatic heterocycles. The lowest BCUT2D eigenvalue weighted by Crippen LogP contribution is -2.39. The maximum Gasteiger partial charge on any atom is 0.223 e. The van der Waals surface area contributed by atoms with Gasteiger partial charge in [-0.15, -0.1) is 0 Å². The molecule has 1 saturated heterocycles. The minimum atomic E-state index is 0.225. The Kier molecular flexibility index (Phi) is 4.32. The highest BCUT2D eigenvalue weighted by molar-refractivity contribution is 5.76. The minimum absolute atomic E-state index is 0.225. The Morgan fingerprint density at radius 3 is 2.73 bits per heavy atom. The van der Waals surface area contributed by atoms with Crippen molar-refractivity contribution in [2.75, 3.05) is 13.1 Å². The maximum atomic E-state index is 12.3. The number of furan rings is 1. The van der Waals surface area contributed by atoms with E-state index in [1.165, 1.54) is 5.69 Å². The number of carbonyl (C=O) groups excluding carboxylic acids is 1. The van der Waals surface area contributed by atoms with Gasteiger partial charge >= 0.3 is 0 Å². The molecule has 3 rings (SSSR count). The minimum Gasteiger partial charge on any atom is -0.469 e. The Hall–Kier alpha value is -2.04. The molecule has 1 amide bonds. The summed E-state index contributed by atoms with van der Waals surface area (Å²) < 4.78 is 7.40. The second-order valence-corrected chi connectivity index (χ2v) is 6.06. The molecule has 118 valence electrons. The average Bonchev–Trinajstić information content (AvgIpc) is 3.14. The van der Waals surface area contributed by atoms with Crippen molar-refractivity contribution in [1.82, 2.24) is 14.7 Å². The molecule has 0 radical (unpaired) electrons. The van der Waals surface area contributed by atoms with Gasteiger partial charge in [-0.1, -0.05) is 0 Å². The third kappa shape index (κ3) is 3.24. The van der Waals surface area contributed by atoms with Crippen LogP contribution in [0.4, 0.5) is 0 Å². The molecule has 3 heterocycles. The number of hydrogen-bond acceptors (Lipinski definition) is 3. The zero-order valence-electron chi connectivity index (χ0n) is 13.3. The third-order valence-corrected chi connectivity index (χ3v) is 4.37. The zero-order valence-corrected chi connectivity index (χ0v) is 13.3. The van der Waals surface area contributed by atoms with Gasteiger partial charge in [0.15, 0.2) is 0 Å². The van der Waals surface area contributed by atoms with Gasteiger partial charge in [0.05, 0.1) is 18.0 Å². The smallest absolute Gasteiger partial charge is 0.223 e. The van der Waals surface area contributed by atoms with E-state index in [1.807, 2.05) is 24.0 Å². The first-order chi connectivity index (χ1) is 10.6. The lowest BCUT2D eigenvalue weighted by atomic mass is 10.0. The average molecular weight is 301 g/mol. The standard InChI is InChI=1S/C17H23N3O2/c1-13-12-14(2)20(18-13)15-7-9-19(10-8-15)17(21)6-5-16-4-3-11-22-16/h3-4,11-12,15H,5-10H2,1-2H3. The topological polar surface area (TPSA) is 51.3 Å². The summed E-state index contributed by atoms with van der Waals surface area (Å²) in [6.07, 6.45) is 4.82. The molecule has 2 aromatic heterocycles. The van der Waals surface area contributed by atoms with Crippen molar-refractivity contribution in [3.63, 3.8) is 0 Å². The largest absolute Gasteiger partial charge is 0.469 e. The van der Waals surface area contributed by atoms with Crippen LogP contribution in [-0.2, 0) is 11.2 Å². The van der Waals surface area contributed by atoms with E-state index in [9.17, 15) is 4.79 Å². The highest BCUT2D eigenvalue weighted by Gasteiger charge is 2.25. The van der Waals surface area contributed by atoms with Gasteiger partial charge in [-0.25, -0.2) is 0 Å². The fourth-order valence-electron chi connectivity index (χ4n) is 3.22. The van der Waals surface area contributed by atoms with Crippen molar-refractivity contribution in [3.8, 4) is 0 Å². The van der Waals surface area contributed by atoms with Crippen LogP contribution < -0.4 is 0 Å². The van der Waals surface area contributed by atoms with E-state index in [1.54, 1.807) is 6.26 Å². The number of aromatic nitrogens is 2. The Balaban J connectivity index is 1.50. The second-order valence-electron chi connectivity index (χ2n) is 6.06. The van der Waals surface area contributed by atoms with E-state index < -0.39 is 0 Å². The summed E-state index contributed by atoms with van der Waals surface area (Å²) >= 11 is 0. The van der Waals surface area contributed by atoms with E-state index in [4.69, 9.17) is 4.42 Å². The lowest BCUT2D eigenvalue weighted by molar-refractivity contribution is -0.132. The van der Waals surface area contributed by atoms with Crippen LogP contribution >= 0.6 is 0 Å². The molecule has 0 aromatic carbocycles. The molecule has 1 aliphatic rings. The van der Waals surface area contributed by atoms with Crippen LogP contribution in [0.5, 0.6) is 0 Å². The molecule has 0 saturated carbocycles. The van der Waals surface area contributed by atoms with Crippen LogP contribution in [0.3, 0.4) is 0 Å². The highest BCUT2D eigenvalue weighted by Crippen LogP contribution is 2.24. The number of hydrogen-bond donors (Lipinski definition) is 0. The van der Waals surface area contributed by atoms with Crippen LogP contribution in [0.15, 0.2) is 28.9 Å². The number of piperidine rings is 1. The van der Waals surface area contributed by atoms with Gasteiger partial charge in [-0.3, -0.25) is 9.48 Å². The third-order valence-electron chi connectivity index (χ3n) is 4.37. The summed E-state index contributed by atoms with van der Waals surface area (Å²) in [6, 6.07) is 6.31. The van der Waals surface area contributed by atoms with Crippen molar-refractivity contribution in [3.05, 3.63) is 41.6 Å². The first kappa shape index (κ1) is 14.9. The molecule has 1 fully saturated rings. The monoisotopic (exact) mass is 301 g/mol. The van der Waals surface area contributed by atoms with Gasteiger partial charge in [0.25, 0.3) is 0 Å². The van der Waals surface area contributed by atoms with Gasteiger partial charge in [0, 0.05) is 31.6 Å². The van der Waals surface area contributed by atoms with Crippen molar-refractivity contribution in [1.29, 1.82) is 0 Å². The summed E-state index contributed by atoms with van der Waals surface area (Å²) in [5.41, 5.74) is 2.27. The van der Waals surface area contributed by atoms with Crippen LogP contribution in [0, 0.1) is 13.8 Å². The van der Waals surface area contributed by atoms with Gasteiger partial charge in [0.2, 0.25) is 5.91 Å². The molecule has 0 unspecified atom stereocenters. The van der Waals surface area contributed by atoms with Crippen LogP contribution in [-0.4, -0.2) is 33.7 Å². The number of amides is 1. The first-order valence-electron chi connectivity index (χ1n) is 7.96. The number of aryl methyl sites for hydroxylation is 3. The molecule has 0 N–H and O–H groups in total. The Morgan fingerprint density at radius 2 is 2.14 bits per heavy atom. The Labute approximate surface area is 130 Å².